The molecule has 0 saturated heterocycles. The Labute approximate surface area is 127 Å². The number of fused-ring (bicyclic) bond motifs is 1. The molecule has 0 saturated carbocycles. The van der Waals surface area contributed by atoms with E-state index in [9.17, 15) is 4.79 Å². The lowest BCUT2D eigenvalue weighted by atomic mass is 9.93. The molecule has 1 aromatic rings. The van der Waals surface area contributed by atoms with E-state index in [0.717, 1.165) is 5.56 Å². The van der Waals surface area contributed by atoms with Crippen molar-refractivity contribution in [3.8, 4) is 0 Å². The van der Waals surface area contributed by atoms with E-state index < -0.39 is 15.6 Å². The van der Waals surface area contributed by atoms with Crippen molar-refractivity contribution in [3.63, 3.8) is 0 Å². The Morgan fingerprint density at radius 1 is 1.32 bits per heavy atom. The SMILES string of the molecule is CC(=O)N1c2ccccc2C(C)(C)O[C@@H]1C(Cl)(Cl)Cl. The van der Waals surface area contributed by atoms with Crippen molar-refractivity contribution in [3.05, 3.63) is 29.8 Å². The van der Waals surface area contributed by atoms with Crippen LogP contribution in [0.25, 0.3) is 0 Å². The van der Waals surface area contributed by atoms with E-state index in [2.05, 4.69) is 0 Å². The summed E-state index contributed by atoms with van der Waals surface area (Å²) in [6, 6.07) is 7.45. The second kappa shape index (κ2) is 4.81. The molecule has 1 amide bonds. The van der Waals surface area contributed by atoms with Gasteiger partial charge in [0.15, 0.2) is 6.23 Å². The second-order valence-electron chi connectivity index (χ2n) is 4.93. The fraction of sp³-hybridized carbons (Fsp3) is 0.462. The lowest BCUT2D eigenvalue weighted by Gasteiger charge is -2.46. The fourth-order valence-corrected chi connectivity index (χ4v) is 2.69. The average Bonchev–Trinajstić information content (AvgIpc) is 2.26. The number of carbonyl (C=O) groups is 1. The molecule has 104 valence electrons. The summed E-state index contributed by atoms with van der Waals surface area (Å²) in [6.45, 7) is 5.18. The first-order chi connectivity index (χ1) is 8.64. The smallest absolute Gasteiger partial charge is 0.235 e. The molecule has 0 fully saturated rings. The van der Waals surface area contributed by atoms with Crippen LogP contribution in [-0.2, 0) is 15.1 Å². The minimum atomic E-state index is -1.73. The van der Waals surface area contributed by atoms with Crippen molar-refractivity contribution in [1.82, 2.24) is 0 Å². The van der Waals surface area contributed by atoms with E-state index in [4.69, 9.17) is 39.5 Å². The molecule has 3 nitrogen and oxygen atoms in total. The summed E-state index contributed by atoms with van der Waals surface area (Å²) in [5.74, 6) is -0.237. The number of para-hydroxylation sites is 1. The van der Waals surface area contributed by atoms with Crippen LogP contribution in [0.15, 0.2) is 24.3 Å². The number of halogens is 3. The molecule has 6 heteroatoms. The van der Waals surface area contributed by atoms with Crippen molar-refractivity contribution in [2.75, 3.05) is 4.90 Å². The average molecular weight is 323 g/mol. The lowest BCUT2D eigenvalue weighted by Crippen LogP contribution is -2.55. The molecule has 1 aliphatic heterocycles. The van der Waals surface area contributed by atoms with Gasteiger partial charge >= 0.3 is 0 Å². The Morgan fingerprint density at radius 2 is 1.89 bits per heavy atom. The zero-order valence-corrected chi connectivity index (χ0v) is 13.1. The Hall–Kier alpha value is -0.480. The number of amides is 1. The summed E-state index contributed by atoms with van der Waals surface area (Å²) in [6.07, 6.45) is -0.958. The largest absolute Gasteiger partial charge is 0.343 e. The minimum absolute atomic E-state index is 0.237. The molecule has 0 radical (unpaired) electrons. The van der Waals surface area contributed by atoms with Crippen molar-refractivity contribution < 1.29 is 9.53 Å². The van der Waals surface area contributed by atoms with Crippen molar-refractivity contribution in [2.24, 2.45) is 0 Å². The molecule has 0 bridgehead atoms. The van der Waals surface area contributed by atoms with Gasteiger partial charge in [-0.1, -0.05) is 53.0 Å². The summed E-state index contributed by atoms with van der Waals surface area (Å²) in [7, 11) is 0. The van der Waals surface area contributed by atoms with Crippen molar-refractivity contribution in [2.45, 2.75) is 36.4 Å². The predicted octanol–water partition coefficient (Wildman–Crippen LogP) is 4.00. The standard InChI is InChI=1S/C13H14Cl3NO2/c1-8(18)17-10-7-5-4-6-9(10)12(2,3)19-11(17)13(14,15)16/h4-7,11H,1-3H3/t11-/m1/s1. The number of hydrogen-bond donors (Lipinski definition) is 0. The van der Waals surface area contributed by atoms with Gasteiger partial charge < -0.3 is 4.74 Å². The number of anilines is 1. The van der Waals surface area contributed by atoms with E-state index >= 15 is 0 Å². The summed E-state index contributed by atoms with van der Waals surface area (Å²) in [5.41, 5.74) is 0.954. The zero-order chi connectivity index (χ0) is 14.4. The molecule has 1 atom stereocenters. The van der Waals surface area contributed by atoms with Gasteiger partial charge in [0.05, 0.1) is 11.3 Å². The van der Waals surface area contributed by atoms with Gasteiger partial charge in [0, 0.05) is 12.5 Å². The highest BCUT2D eigenvalue weighted by molar-refractivity contribution is 6.68. The summed E-state index contributed by atoms with van der Waals surface area (Å²) >= 11 is 17.9. The Balaban J connectivity index is 2.62. The van der Waals surface area contributed by atoms with Gasteiger partial charge in [-0.3, -0.25) is 9.69 Å². The van der Waals surface area contributed by atoms with Crippen LogP contribution in [0.3, 0.4) is 0 Å². The van der Waals surface area contributed by atoms with Crippen LogP contribution in [0.1, 0.15) is 26.3 Å². The Kier molecular flexibility index (Phi) is 3.78. The normalized spacial score (nSPS) is 22.0. The first kappa shape index (κ1) is 14.9. The zero-order valence-electron chi connectivity index (χ0n) is 10.8. The Bertz CT molecular complexity index is 511. The molecule has 0 unspecified atom stereocenters. The van der Waals surface area contributed by atoms with E-state index in [1.165, 1.54) is 11.8 Å². The highest BCUT2D eigenvalue weighted by Crippen LogP contribution is 2.46. The van der Waals surface area contributed by atoms with Crippen LogP contribution in [-0.4, -0.2) is 15.9 Å². The summed E-state index contributed by atoms with van der Waals surface area (Å²) in [4.78, 5) is 13.3. The van der Waals surface area contributed by atoms with E-state index in [-0.39, 0.29) is 5.91 Å². The molecule has 1 heterocycles. The van der Waals surface area contributed by atoms with Gasteiger partial charge in [-0.05, 0) is 19.9 Å². The third-order valence-corrected chi connectivity index (χ3v) is 3.63. The molecule has 0 N–H and O–H groups in total. The van der Waals surface area contributed by atoms with Gasteiger partial charge in [0.2, 0.25) is 9.70 Å². The number of ether oxygens (including phenoxy) is 1. The number of rotatable bonds is 0. The topological polar surface area (TPSA) is 29.5 Å². The second-order valence-corrected chi connectivity index (χ2v) is 7.30. The van der Waals surface area contributed by atoms with Crippen molar-refractivity contribution >= 4 is 46.4 Å². The minimum Gasteiger partial charge on any atom is -0.343 e. The van der Waals surface area contributed by atoms with Crippen LogP contribution in [0, 0.1) is 0 Å². The first-order valence-electron chi connectivity index (χ1n) is 5.78. The maximum absolute atomic E-state index is 11.9. The van der Waals surface area contributed by atoms with Crippen molar-refractivity contribution in [1.29, 1.82) is 0 Å². The first-order valence-corrected chi connectivity index (χ1v) is 6.92. The van der Waals surface area contributed by atoms with Gasteiger partial charge in [-0.15, -0.1) is 0 Å². The molecule has 19 heavy (non-hydrogen) atoms. The number of alkyl halides is 3. The maximum atomic E-state index is 11.9. The van der Waals surface area contributed by atoms with Gasteiger partial charge in [0.25, 0.3) is 0 Å². The number of carbonyl (C=O) groups excluding carboxylic acids is 1. The summed E-state index contributed by atoms with van der Waals surface area (Å²) < 4.78 is 4.12. The number of hydrogen-bond acceptors (Lipinski definition) is 2. The van der Waals surface area contributed by atoms with Crippen LogP contribution < -0.4 is 4.90 Å². The lowest BCUT2D eigenvalue weighted by molar-refractivity contribution is -0.126. The molecule has 2 rings (SSSR count). The fourth-order valence-electron chi connectivity index (χ4n) is 2.26. The van der Waals surface area contributed by atoms with Gasteiger partial charge in [-0.2, -0.15) is 0 Å². The third kappa shape index (κ3) is 2.70. The summed E-state index contributed by atoms with van der Waals surface area (Å²) in [5, 5.41) is 0. The molecule has 0 spiro atoms. The molecule has 0 aliphatic carbocycles. The number of nitrogens with zero attached hydrogens (tertiary/aromatic N) is 1. The monoisotopic (exact) mass is 321 g/mol. The van der Waals surface area contributed by atoms with Gasteiger partial charge in [0.1, 0.15) is 0 Å². The molecular formula is C13H14Cl3NO2. The molecular weight excluding hydrogens is 309 g/mol. The predicted molar refractivity (Wildman–Crippen MR) is 77.8 cm³/mol. The quantitative estimate of drug-likeness (QED) is 0.676. The van der Waals surface area contributed by atoms with Gasteiger partial charge in [-0.25, -0.2) is 0 Å². The highest BCUT2D eigenvalue weighted by atomic mass is 35.6. The van der Waals surface area contributed by atoms with E-state index in [0.29, 0.717) is 5.69 Å². The molecule has 0 aromatic heterocycles. The number of benzene rings is 1. The Morgan fingerprint density at radius 3 is 2.42 bits per heavy atom. The van der Waals surface area contributed by atoms with E-state index in [1.54, 1.807) is 0 Å². The third-order valence-electron chi connectivity index (χ3n) is 3.07. The highest BCUT2D eigenvalue weighted by Gasteiger charge is 2.48. The van der Waals surface area contributed by atoms with Crippen LogP contribution in [0.4, 0.5) is 5.69 Å². The molecule has 1 aliphatic rings. The van der Waals surface area contributed by atoms with Crippen LogP contribution in [0.5, 0.6) is 0 Å². The van der Waals surface area contributed by atoms with Crippen LogP contribution in [0.2, 0.25) is 0 Å². The molecule has 1 aromatic carbocycles. The maximum Gasteiger partial charge on any atom is 0.235 e. The van der Waals surface area contributed by atoms with Crippen LogP contribution >= 0.6 is 34.8 Å². The van der Waals surface area contributed by atoms with E-state index in [1.807, 2.05) is 38.1 Å².